The van der Waals surface area contributed by atoms with E-state index in [0.717, 1.165) is 6.42 Å². The van der Waals surface area contributed by atoms with E-state index < -0.39 is 0 Å². The number of rotatable bonds is 12. The van der Waals surface area contributed by atoms with Crippen molar-refractivity contribution in [2.45, 2.75) is 85.5 Å². The fraction of sp³-hybridized carbons (Fsp3) is 0.824. The summed E-state index contributed by atoms with van der Waals surface area (Å²) in [5, 5.41) is 0. The molecule has 0 amide bonds. The zero-order valence-electron chi connectivity index (χ0n) is 12.2. The fourth-order valence-electron chi connectivity index (χ4n) is 1.94. The molecular weight excluding hydrogens is 236 g/mol. The summed E-state index contributed by atoms with van der Waals surface area (Å²) in [5.41, 5.74) is 0. The van der Waals surface area contributed by atoms with Crippen LogP contribution < -0.4 is 0 Å². The number of esters is 1. The largest absolute Gasteiger partial charge is 0.463 e. The summed E-state index contributed by atoms with van der Waals surface area (Å²) >= 11 is 0. The van der Waals surface area contributed by atoms with Crippen molar-refractivity contribution in [2.75, 3.05) is 6.61 Å². The minimum absolute atomic E-state index is 0. The second kappa shape index (κ2) is 17.2. The summed E-state index contributed by atoms with van der Waals surface area (Å²) in [5.74, 6) is -0.214. The average molecular weight is 270 g/mol. The van der Waals surface area contributed by atoms with Crippen LogP contribution in [-0.4, -0.2) is 12.6 Å². The van der Waals surface area contributed by atoms with E-state index in [9.17, 15) is 4.79 Å². The monoisotopic (exact) mass is 270 g/mol. The minimum atomic E-state index is -0.214. The van der Waals surface area contributed by atoms with Gasteiger partial charge in [-0.05, 0) is 19.8 Å². The summed E-state index contributed by atoms with van der Waals surface area (Å²) in [6.07, 6.45) is 16.5. The predicted octanol–water partition coefficient (Wildman–Crippen LogP) is 5.66. The van der Waals surface area contributed by atoms with Gasteiger partial charge in [0.1, 0.15) is 0 Å². The van der Waals surface area contributed by atoms with Crippen molar-refractivity contribution in [3.63, 3.8) is 0 Å². The van der Waals surface area contributed by atoms with E-state index in [1.54, 1.807) is 6.08 Å². The Hall–Kier alpha value is -0.790. The standard InChI is InChI=1S/C16H30O2.CH4/c1-3-5-6-7-8-9-10-11-12-13-14-15-16(17)18-4-2;/h14-15H,3-13H2,1-2H3;1H4. The lowest BCUT2D eigenvalue weighted by atomic mass is 10.1. The number of allylic oxidation sites excluding steroid dienone is 1. The highest BCUT2D eigenvalue weighted by atomic mass is 16.5. The molecule has 0 aliphatic carbocycles. The summed E-state index contributed by atoms with van der Waals surface area (Å²) in [6, 6.07) is 0. The van der Waals surface area contributed by atoms with Crippen LogP contribution in [0.25, 0.3) is 0 Å². The Morgan fingerprint density at radius 3 is 1.95 bits per heavy atom. The Morgan fingerprint density at radius 1 is 0.895 bits per heavy atom. The maximum absolute atomic E-state index is 11.0. The van der Waals surface area contributed by atoms with Crippen LogP contribution in [0.3, 0.4) is 0 Å². The molecule has 0 unspecified atom stereocenters. The van der Waals surface area contributed by atoms with Gasteiger partial charge in [-0.1, -0.05) is 71.8 Å². The number of carbonyl (C=O) groups is 1. The first-order chi connectivity index (χ1) is 8.81. The molecule has 0 N–H and O–H groups in total. The molecule has 0 aromatic carbocycles. The second-order valence-electron chi connectivity index (χ2n) is 4.77. The highest BCUT2D eigenvalue weighted by Crippen LogP contribution is 2.10. The lowest BCUT2D eigenvalue weighted by molar-refractivity contribution is -0.137. The predicted molar refractivity (Wildman–Crippen MR) is 84.3 cm³/mol. The van der Waals surface area contributed by atoms with E-state index in [1.807, 2.05) is 13.0 Å². The average Bonchev–Trinajstić information content (AvgIpc) is 2.36. The Kier molecular flexibility index (Phi) is 18.6. The van der Waals surface area contributed by atoms with Crippen molar-refractivity contribution >= 4 is 5.97 Å². The molecule has 0 aliphatic heterocycles. The summed E-state index contributed by atoms with van der Waals surface area (Å²) < 4.78 is 4.81. The van der Waals surface area contributed by atoms with Gasteiger partial charge in [-0.2, -0.15) is 0 Å². The van der Waals surface area contributed by atoms with Gasteiger partial charge in [-0.25, -0.2) is 4.79 Å². The van der Waals surface area contributed by atoms with Crippen molar-refractivity contribution < 1.29 is 9.53 Å². The number of carbonyl (C=O) groups excluding carboxylic acids is 1. The van der Waals surface area contributed by atoms with Crippen LogP contribution >= 0.6 is 0 Å². The Bertz CT molecular complexity index is 209. The first-order valence-corrected chi connectivity index (χ1v) is 7.64. The minimum Gasteiger partial charge on any atom is -0.463 e. The molecule has 0 bridgehead atoms. The highest BCUT2D eigenvalue weighted by Gasteiger charge is 1.93. The zero-order chi connectivity index (χ0) is 13.5. The van der Waals surface area contributed by atoms with Crippen LogP contribution in [0.15, 0.2) is 12.2 Å². The molecular formula is C17H34O2. The molecule has 0 aliphatic rings. The van der Waals surface area contributed by atoms with E-state index in [4.69, 9.17) is 4.74 Å². The zero-order valence-corrected chi connectivity index (χ0v) is 12.2. The van der Waals surface area contributed by atoms with E-state index in [0.29, 0.717) is 6.61 Å². The molecule has 0 atom stereocenters. The quantitative estimate of drug-likeness (QED) is 0.260. The first kappa shape index (κ1) is 20.5. The third-order valence-corrected chi connectivity index (χ3v) is 3.01. The lowest BCUT2D eigenvalue weighted by Gasteiger charge is -2.00. The number of ether oxygens (including phenoxy) is 1. The van der Waals surface area contributed by atoms with Gasteiger partial charge in [0.15, 0.2) is 0 Å². The molecule has 2 heteroatoms. The van der Waals surface area contributed by atoms with Crippen molar-refractivity contribution in [1.29, 1.82) is 0 Å². The molecule has 19 heavy (non-hydrogen) atoms. The van der Waals surface area contributed by atoms with E-state index in [-0.39, 0.29) is 13.4 Å². The Morgan fingerprint density at radius 2 is 1.42 bits per heavy atom. The topological polar surface area (TPSA) is 26.3 Å². The first-order valence-electron chi connectivity index (χ1n) is 7.64. The number of unbranched alkanes of at least 4 members (excludes halogenated alkanes) is 9. The molecule has 0 radical (unpaired) electrons. The summed E-state index contributed by atoms with van der Waals surface area (Å²) in [6.45, 7) is 4.54. The smallest absolute Gasteiger partial charge is 0.330 e. The summed E-state index contributed by atoms with van der Waals surface area (Å²) in [7, 11) is 0. The Labute approximate surface area is 120 Å². The van der Waals surface area contributed by atoms with Crippen LogP contribution in [0, 0.1) is 0 Å². The molecule has 0 heterocycles. The SMILES string of the molecule is C.CCCCCCCCCCCC=CC(=O)OCC. The third-order valence-electron chi connectivity index (χ3n) is 3.01. The second-order valence-corrected chi connectivity index (χ2v) is 4.77. The van der Waals surface area contributed by atoms with Crippen LogP contribution in [0.2, 0.25) is 0 Å². The molecule has 0 aromatic rings. The van der Waals surface area contributed by atoms with Crippen molar-refractivity contribution in [1.82, 2.24) is 0 Å². The number of hydrogen-bond donors (Lipinski definition) is 0. The lowest BCUT2D eigenvalue weighted by Crippen LogP contribution is -1.98. The van der Waals surface area contributed by atoms with Gasteiger partial charge in [0, 0.05) is 6.08 Å². The van der Waals surface area contributed by atoms with Crippen LogP contribution in [0.4, 0.5) is 0 Å². The van der Waals surface area contributed by atoms with Gasteiger partial charge in [-0.15, -0.1) is 0 Å². The maximum Gasteiger partial charge on any atom is 0.330 e. The van der Waals surface area contributed by atoms with Gasteiger partial charge in [0.05, 0.1) is 6.61 Å². The van der Waals surface area contributed by atoms with Crippen molar-refractivity contribution in [3.8, 4) is 0 Å². The molecule has 0 rings (SSSR count). The van der Waals surface area contributed by atoms with Crippen molar-refractivity contribution in [2.24, 2.45) is 0 Å². The van der Waals surface area contributed by atoms with E-state index in [1.165, 1.54) is 57.8 Å². The molecule has 0 fully saturated rings. The molecule has 0 saturated carbocycles. The van der Waals surface area contributed by atoms with Crippen LogP contribution in [-0.2, 0) is 9.53 Å². The van der Waals surface area contributed by atoms with Gasteiger partial charge >= 0.3 is 5.97 Å². The highest BCUT2D eigenvalue weighted by molar-refractivity contribution is 5.81. The van der Waals surface area contributed by atoms with Gasteiger partial charge in [0.25, 0.3) is 0 Å². The van der Waals surface area contributed by atoms with Gasteiger partial charge in [-0.3, -0.25) is 0 Å². The normalized spacial score (nSPS) is 10.4. The molecule has 0 saturated heterocycles. The molecule has 2 nitrogen and oxygen atoms in total. The maximum atomic E-state index is 11.0. The molecule has 0 aromatic heterocycles. The van der Waals surface area contributed by atoms with Gasteiger partial charge < -0.3 is 4.74 Å². The van der Waals surface area contributed by atoms with Crippen LogP contribution in [0.5, 0.6) is 0 Å². The van der Waals surface area contributed by atoms with E-state index in [2.05, 4.69) is 6.92 Å². The molecule has 114 valence electrons. The van der Waals surface area contributed by atoms with Crippen molar-refractivity contribution in [3.05, 3.63) is 12.2 Å². The third kappa shape index (κ3) is 17.2. The van der Waals surface area contributed by atoms with Gasteiger partial charge in [0.2, 0.25) is 0 Å². The Balaban J connectivity index is 0. The fourth-order valence-corrected chi connectivity index (χ4v) is 1.94. The molecule has 0 spiro atoms. The van der Waals surface area contributed by atoms with Crippen LogP contribution in [0.1, 0.15) is 85.5 Å². The van der Waals surface area contributed by atoms with E-state index >= 15 is 0 Å². The summed E-state index contributed by atoms with van der Waals surface area (Å²) in [4.78, 5) is 11.0. The number of hydrogen-bond acceptors (Lipinski definition) is 2.